The lowest BCUT2D eigenvalue weighted by Crippen LogP contribution is -2.45. The Balaban J connectivity index is 0.00000144. The van der Waals surface area contributed by atoms with Crippen LogP contribution in [0.5, 0.6) is 0 Å². The second kappa shape index (κ2) is 5.15. The third kappa shape index (κ3) is 3.59. The van der Waals surface area contributed by atoms with Gasteiger partial charge in [0, 0.05) is 30.6 Å². The minimum absolute atomic E-state index is 0. The molecule has 0 spiro atoms. The second-order valence-corrected chi connectivity index (χ2v) is 6.37. The Hall–Kier alpha value is -0.280. The monoisotopic (exact) mass is 260 g/mol. The molecule has 2 aliphatic rings. The van der Waals surface area contributed by atoms with Crippen LogP contribution in [0.2, 0.25) is 0 Å². The van der Waals surface area contributed by atoms with Crippen molar-refractivity contribution in [3.05, 3.63) is 0 Å². The average Bonchev–Trinajstić information content (AvgIpc) is 2.90. The Morgan fingerprint density at radius 3 is 2.35 bits per heavy atom. The number of halogens is 1. The van der Waals surface area contributed by atoms with Gasteiger partial charge in [-0.2, -0.15) is 0 Å². The zero-order chi connectivity index (χ0) is 11.9. The van der Waals surface area contributed by atoms with Crippen LogP contribution in [0.15, 0.2) is 0 Å². The fraction of sp³-hybridized carbons (Fsp3) is 0.923. The molecule has 2 atom stereocenters. The Kier molecular flexibility index (Phi) is 4.48. The standard InChI is InChI=1S/C13H24N2O.ClH/c1-9(10-5-6-10)14-11-7-12(16)15(8-11)13(2,3)4;/h9-11,14H,5-8H2,1-4H3;1H. The summed E-state index contributed by atoms with van der Waals surface area (Å²) >= 11 is 0. The van der Waals surface area contributed by atoms with Crippen LogP contribution in [-0.4, -0.2) is 35.0 Å². The van der Waals surface area contributed by atoms with E-state index in [-0.39, 0.29) is 17.9 Å². The molecule has 1 saturated carbocycles. The number of hydrogen-bond donors (Lipinski definition) is 1. The summed E-state index contributed by atoms with van der Waals surface area (Å²) in [5.74, 6) is 1.16. The Labute approximate surface area is 111 Å². The normalized spacial score (nSPS) is 26.9. The lowest BCUT2D eigenvalue weighted by molar-refractivity contribution is -0.131. The van der Waals surface area contributed by atoms with Crippen molar-refractivity contribution < 1.29 is 4.79 Å². The van der Waals surface area contributed by atoms with Gasteiger partial charge in [0.2, 0.25) is 5.91 Å². The van der Waals surface area contributed by atoms with E-state index in [1.165, 1.54) is 12.8 Å². The summed E-state index contributed by atoms with van der Waals surface area (Å²) in [7, 11) is 0. The van der Waals surface area contributed by atoms with Gasteiger partial charge in [0.15, 0.2) is 0 Å². The number of rotatable bonds is 3. The molecule has 4 heteroatoms. The van der Waals surface area contributed by atoms with Gasteiger partial charge in [0.1, 0.15) is 0 Å². The van der Waals surface area contributed by atoms with Crippen LogP contribution in [0, 0.1) is 5.92 Å². The van der Waals surface area contributed by atoms with Crippen molar-refractivity contribution in [2.45, 2.75) is 64.6 Å². The highest BCUT2D eigenvalue weighted by molar-refractivity contribution is 5.85. The van der Waals surface area contributed by atoms with Crippen LogP contribution in [0.25, 0.3) is 0 Å². The highest BCUT2D eigenvalue weighted by Crippen LogP contribution is 2.33. The molecule has 0 bridgehead atoms. The number of likely N-dealkylation sites (tertiary alicyclic amines) is 1. The van der Waals surface area contributed by atoms with Crippen molar-refractivity contribution in [2.24, 2.45) is 5.92 Å². The minimum atomic E-state index is -0.0314. The molecular formula is C13H25ClN2O. The lowest BCUT2D eigenvalue weighted by Gasteiger charge is -2.32. The van der Waals surface area contributed by atoms with E-state index < -0.39 is 0 Å². The van der Waals surface area contributed by atoms with Gasteiger partial charge in [-0.25, -0.2) is 0 Å². The van der Waals surface area contributed by atoms with Crippen molar-refractivity contribution in [3.63, 3.8) is 0 Å². The molecule has 1 aliphatic heterocycles. The molecule has 17 heavy (non-hydrogen) atoms. The molecule has 0 aromatic rings. The van der Waals surface area contributed by atoms with E-state index in [0.29, 0.717) is 24.4 Å². The number of nitrogens with one attached hydrogen (secondary N) is 1. The fourth-order valence-electron chi connectivity index (χ4n) is 2.57. The molecule has 1 saturated heterocycles. The predicted molar refractivity (Wildman–Crippen MR) is 72.4 cm³/mol. The number of nitrogens with zero attached hydrogens (tertiary/aromatic N) is 1. The summed E-state index contributed by atoms with van der Waals surface area (Å²) in [5, 5.41) is 3.61. The first-order chi connectivity index (χ1) is 7.38. The van der Waals surface area contributed by atoms with E-state index in [4.69, 9.17) is 0 Å². The van der Waals surface area contributed by atoms with Crippen LogP contribution in [0.4, 0.5) is 0 Å². The molecule has 0 radical (unpaired) electrons. The quantitative estimate of drug-likeness (QED) is 0.844. The molecule has 100 valence electrons. The summed E-state index contributed by atoms with van der Waals surface area (Å²) in [6.07, 6.45) is 3.39. The molecule has 1 heterocycles. The lowest BCUT2D eigenvalue weighted by atomic mass is 10.1. The van der Waals surface area contributed by atoms with Crippen LogP contribution in [0.1, 0.15) is 47.0 Å². The Morgan fingerprint density at radius 1 is 1.35 bits per heavy atom. The van der Waals surface area contributed by atoms with Gasteiger partial charge < -0.3 is 10.2 Å². The van der Waals surface area contributed by atoms with Gasteiger partial charge in [0.25, 0.3) is 0 Å². The molecule has 2 fully saturated rings. The highest BCUT2D eigenvalue weighted by Gasteiger charge is 2.38. The van der Waals surface area contributed by atoms with Crippen LogP contribution in [-0.2, 0) is 4.79 Å². The molecule has 0 aromatic heterocycles. The van der Waals surface area contributed by atoms with Gasteiger partial charge in [-0.05, 0) is 46.5 Å². The summed E-state index contributed by atoms with van der Waals surface area (Å²) in [5.41, 5.74) is -0.0314. The SMILES string of the molecule is CC(NC1CC(=O)N(C(C)(C)C)C1)C1CC1.Cl. The molecule has 2 unspecified atom stereocenters. The van der Waals surface area contributed by atoms with E-state index >= 15 is 0 Å². The molecule has 0 aromatic carbocycles. The van der Waals surface area contributed by atoms with Crippen molar-refractivity contribution in [3.8, 4) is 0 Å². The number of carbonyl (C=O) groups excluding carboxylic acids is 1. The summed E-state index contributed by atoms with van der Waals surface area (Å²) < 4.78 is 0. The number of amides is 1. The Morgan fingerprint density at radius 2 is 1.94 bits per heavy atom. The molecule has 1 aliphatic carbocycles. The molecule has 1 N–H and O–H groups in total. The maximum atomic E-state index is 11.9. The maximum absolute atomic E-state index is 11.9. The molecular weight excluding hydrogens is 236 g/mol. The van der Waals surface area contributed by atoms with E-state index in [2.05, 4.69) is 33.0 Å². The van der Waals surface area contributed by atoms with Crippen molar-refractivity contribution in [2.75, 3.05) is 6.54 Å². The van der Waals surface area contributed by atoms with Crippen LogP contribution in [0.3, 0.4) is 0 Å². The van der Waals surface area contributed by atoms with Gasteiger partial charge in [-0.15, -0.1) is 12.4 Å². The van der Waals surface area contributed by atoms with Gasteiger partial charge in [0.05, 0.1) is 0 Å². The first-order valence-electron chi connectivity index (χ1n) is 6.44. The molecule has 3 nitrogen and oxygen atoms in total. The van der Waals surface area contributed by atoms with Crippen LogP contribution >= 0.6 is 12.4 Å². The third-order valence-corrected chi connectivity index (χ3v) is 3.76. The summed E-state index contributed by atoms with van der Waals surface area (Å²) in [4.78, 5) is 13.9. The average molecular weight is 261 g/mol. The predicted octanol–water partition coefficient (Wildman–Crippen LogP) is 2.20. The van der Waals surface area contributed by atoms with Gasteiger partial charge >= 0.3 is 0 Å². The minimum Gasteiger partial charge on any atom is -0.336 e. The highest BCUT2D eigenvalue weighted by atomic mass is 35.5. The molecule has 1 amide bonds. The maximum Gasteiger partial charge on any atom is 0.224 e. The largest absolute Gasteiger partial charge is 0.336 e. The van der Waals surface area contributed by atoms with E-state index in [1.54, 1.807) is 0 Å². The van der Waals surface area contributed by atoms with E-state index in [1.807, 2.05) is 4.90 Å². The Bertz CT molecular complexity index is 284. The first-order valence-corrected chi connectivity index (χ1v) is 6.44. The second-order valence-electron chi connectivity index (χ2n) is 6.37. The zero-order valence-corrected chi connectivity index (χ0v) is 12.1. The molecule has 2 rings (SSSR count). The smallest absolute Gasteiger partial charge is 0.224 e. The number of hydrogen-bond acceptors (Lipinski definition) is 2. The summed E-state index contributed by atoms with van der Waals surface area (Å²) in [6.45, 7) is 9.45. The van der Waals surface area contributed by atoms with Crippen molar-refractivity contribution in [1.29, 1.82) is 0 Å². The van der Waals surface area contributed by atoms with Gasteiger partial charge in [-0.1, -0.05) is 0 Å². The van der Waals surface area contributed by atoms with Crippen molar-refractivity contribution >= 4 is 18.3 Å². The first kappa shape index (κ1) is 14.8. The van der Waals surface area contributed by atoms with Gasteiger partial charge in [-0.3, -0.25) is 4.79 Å². The topological polar surface area (TPSA) is 32.3 Å². The van der Waals surface area contributed by atoms with Crippen LogP contribution < -0.4 is 5.32 Å². The summed E-state index contributed by atoms with van der Waals surface area (Å²) in [6, 6.07) is 0.944. The van der Waals surface area contributed by atoms with Crippen molar-refractivity contribution in [1.82, 2.24) is 10.2 Å². The fourth-order valence-corrected chi connectivity index (χ4v) is 2.57. The van der Waals surface area contributed by atoms with E-state index in [9.17, 15) is 4.79 Å². The third-order valence-electron chi connectivity index (χ3n) is 3.76. The zero-order valence-electron chi connectivity index (χ0n) is 11.3. The number of carbonyl (C=O) groups is 1. The van der Waals surface area contributed by atoms with E-state index in [0.717, 1.165) is 12.5 Å².